The van der Waals surface area contributed by atoms with Gasteiger partial charge in [-0.2, -0.15) is 5.10 Å². The molecular weight excluding hydrogens is 376 g/mol. The molecule has 160 valence electrons. The Morgan fingerprint density at radius 1 is 1.07 bits per heavy atom. The van der Waals surface area contributed by atoms with Crippen LogP contribution in [0.5, 0.6) is 0 Å². The predicted octanol–water partition coefficient (Wildman–Crippen LogP) is 3.20. The number of nitrogens with one attached hydrogen (secondary N) is 1. The van der Waals surface area contributed by atoms with Crippen LogP contribution in [0.2, 0.25) is 0 Å². The first kappa shape index (κ1) is 20.6. The highest BCUT2D eigenvalue weighted by Crippen LogP contribution is 2.24. The smallest absolute Gasteiger partial charge is 0.269 e. The SMILES string of the molecule is O=C(NCC1CCCCC1)[C@H]1CCCN(c2cnn(Cc3ccccc3)c(=O)c2)C1. The lowest BCUT2D eigenvalue weighted by molar-refractivity contribution is -0.125. The Labute approximate surface area is 178 Å². The van der Waals surface area contributed by atoms with Gasteiger partial charge < -0.3 is 10.2 Å². The van der Waals surface area contributed by atoms with Crippen LogP contribution in [-0.4, -0.2) is 35.3 Å². The van der Waals surface area contributed by atoms with E-state index in [1.54, 1.807) is 12.3 Å². The monoisotopic (exact) mass is 408 g/mol. The van der Waals surface area contributed by atoms with E-state index in [1.807, 2.05) is 30.3 Å². The molecule has 6 heteroatoms. The van der Waals surface area contributed by atoms with Crippen LogP contribution in [-0.2, 0) is 11.3 Å². The lowest BCUT2D eigenvalue weighted by atomic mass is 9.89. The van der Waals surface area contributed by atoms with Crippen molar-refractivity contribution < 1.29 is 4.79 Å². The van der Waals surface area contributed by atoms with Crippen LogP contribution in [0.25, 0.3) is 0 Å². The molecule has 2 aliphatic rings. The molecule has 0 bridgehead atoms. The summed E-state index contributed by atoms with van der Waals surface area (Å²) in [5.41, 5.74) is 1.75. The molecule has 2 fully saturated rings. The lowest BCUT2D eigenvalue weighted by Crippen LogP contribution is -2.44. The molecule has 1 N–H and O–H groups in total. The Hall–Kier alpha value is -2.63. The van der Waals surface area contributed by atoms with E-state index >= 15 is 0 Å². The van der Waals surface area contributed by atoms with Crippen LogP contribution in [0.3, 0.4) is 0 Å². The Bertz CT molecular complexity index is 890. The van der Waals surface area contributed by atoms with Crippen LogP contribution < -0.4 is 15.8 Å². The number of piperidine rings is 1. The lowest BCUT2D eigenvalue weighted by Gasteiger charge is -2.33. The van der Waals surface area contributed by atoms with Gasteiger partial charge in [0.2, 0.25) is 5.91 Å². The molecule has 1 aromatic carbocycles. The largest absolute Gasteiger partial charge is 0.369 e. The normalized spacial score (nSPS) is 20.1. The molecule has 2 aromatic rings. The van der Waals surface area contributed by atoms with E-state index in [2.05, 4.69) is 15.3 Å². The van der Waals surface area contributed by atoms with Crippen molar-refractivity contribution >= 4 is 11.6 Å². The zero-order valence-electron chi connectivity index (χ0n) is 17.6. The predicted molar refractivity (Wildman–Crippen MR) is 119 cm³/mol. The molecule has 1 amide bonds. The molecule has 1 atom stereocenters. The van der Waals surface area contributed by atoms with Crippen molar-refractivity contribution in [3.63, 3.8) is 0 Å². The summed E-state index contributed by atoms with van der Waals surface area (Å²) in [4.78, 5) is 27.4. The molecule has 1 saturated heterocycles. The van der Waals surface area contributed by atoms with Gasteiger partial charge in [0.25, 0.3) is 5.56 Å². The van der Waals surface area contributed by atoms with E-state index in [0.29, 0.717) is 19.0 Å². The second-order valence-corrected chi connectivity index (χ2v) is 8.73. The van der Waals surface area contributed by atoms with Gasteiger partial charge >= 0.3 is 0 Å². The van der Waals surface area contributed by atoms with E-state index in [1.165, 1.54) is 36.8 Å². The molecule has 6 nitrogen and oxygen atoms in total. The zero-order valence-corrected chi connectivity index (χ0v) is 17.6. The average molecular weight is 409 g/mol. The Balaban J connectivity index is 1.35. The van der Waals surface area contributed by atoms with Crippen LogP contribution in [0.4, 0.5) is 5.69 Å². The minimum absolute atomic E-state index is 0.0194. The molecule has 0 spiro atoms. The molecule has 1 aliphatic heterocycles. The van der Waals surface area contributed by atoms with Crippen molar-refractivity contribution in [1.82, 2.24) is 15.1 Å². The van der Waals surface area contributed by atoms with E-state index in [-0.39, 0.29) is 17.4 Å². The minimum atomic E-state index is -0.111. The van der Waals surface area contributed by atoms with Crippen LogP contribution in [0.15, 0.2) is 47.4 Å². The second-order valence-electron chi connectivity index (χ2n) is 8.73. The highest BCUT2D eigenvalue weighted by molar-refractivity contribution is 5.79. The van der Waals surface area contributed by atoms with Gasteiger partial charge in [0, 0.05) is 25.7 Å². The molecule has 1 saturated carbocycles. The quantitative estimate of drug-likeness (QED) is 0.797. The zero-order chi connectivity index (χ0) is 20.8. The number of hydrogen-bond donors (Lipinski definition) is 1. The van der Waals surface area contributed by atoms with Crippen LogP contribution >= 0.6 is 0 Å². The summed E-state index contributed by atoms with van der Waals surface area (Å²) in [5, 5.41) is 7.57. The molecule has 30 heavy (non-hydrogen) atoms. The van der Waals surface area contributed by atoms with Gasteiger partial charge in [-0.25, -0.2) is 4.68 Å². The number of anilines is 1. The summed E-state index contributed by atoms with van der Waals surface area (Å²) < 4.78 is 1.48. The number of rotatable bonds is 6. The number of aromatic nitrogens is 2. The second kappa shape index (κ2) is 9.92. The average Bonchev–Trinajstić information content (AvgIpc) is 2.80. The van der Waals surface area contributed by atoms with Gasteiger partial charge in [0.15, 0.2) is 0 Å². The van der Waals surface area contributed by atoms with E-state index in [4.69, 9.17) is 0 Å². The van der Waals surface area contributed by atoms with Crippen molar-refractivity contribution in [1.29, 1.82) is 0 Å². The van der Waals surface area contributed by atoms with Gasteiger partial charge in [0.1, 0.15) is 0 Å². The third-order valence-electron chi connectivity index (χ3n) is 6.48. The van der Waals surface area contributed by atoms with Gasteiger partial charge in [0.05, 0.1) is 24.3 Å². The number of hydrogen-bond acceptors (Lipinski definition) is 4. The maximum Gasteiger partial charge on any atom is 0.269 e. The summed E-state index contributed by atoms with van der Waals surface area (Å²) in [6.45, 7) is 2.79. The molecule has 1 aromatic heterocycles. The van der Waals surface area contributed by atoms with Crippen molar-refractivity contribution in [2.75, 3.05) is 24.5 Å². The van der Waals surface area contributed by atoms with Gasteiger partial charge in [-0.3, -0.25) is 9.59 Å². The standard InChI is InChI=1S/C24H32N4O2/c29-23-14-22(16-26-28(23)17-20-10-5-2-6-11-20)27-13-7-12-21(18-27)24(30)25-15-19-8-3-1-4-9-19/h2,5-6,10-11,14,16,19,21H,1,3-4,7-9,12-13,15,17-18H2,(H,25,30)/t21-/m0/s1. The van der Waals surface area contributed by atoms with Gasteiger partial charge in [-0.05, 0) is 37.2 Å². The minimum Gasteiger partial charge on any atom is -0.369 e. The first-order valence-corrected chi connectivity index (χ1v) is 11.3. The summed E-state index contributed by atoms with van der Waals surface area (Å²) in [7, 11) is 0. The summed E-state index contributed by atoms with van der Waals surface area (Å²) in [6.07, 6.45) is 10.0. The molecule has 2 heterocycles. The molecule has 4 rings (SSSR count). The van der Waals surface area contributed by atoms with E-state index in [0.717, 1.165) is 37.2 Å². The summed E-state index contributed by atoms with van der Waals surface area (Å²) >= 11 is 0. The highest BCUT2D eigenvalue weighted by atomic mass is 16.2. The van der Waals surface area contributed by atoms with Crippen molar-refractivity contribution in [2.45, 2.75) is 51.5 Å². The van der Waals surface area contributed by atoms with Gasteiger partial charge in [-0.15, -0.1) is 0 Å². The van der Waals surface area contributed by atoms with Gasteiger partial charge in [-0.1, -0.05) is 49.6 Å². The highest BCUT2D eigenvalue weighted by Gasteiger charge is 2.27. The fourth-order valence-electron chi connectivity index (χ4n) is 4.68. The van der Waals surface area contributed by atoms with E-state index in [9.17, 15) is 9.59 Å². The number of amides is 1. The first-order valence-electron chi connectivity index (χ1n) is 11.3. The Morgan fingerprint density at radius 2 is 1.87 bits per heavy atom. The van der Waals surface area contributed by atoms with Crippen molar-refractivity contribution in [3.8, 4) is 0 Å². The molecule has 1 aliphatic carbocycles. The summed E-state index contributed by atoms with van der Waals surface area (Å²) in [6, 6.07) is 11.5. The Morgan fingerprint density at radius 3 is 2.63 bits per heavy atom. The maximum atomic E-state index is 12.7. The fraction of sp³-hybridized carbons (Fsp3) is 0.542. The third-order valence-corrected chi connectivity index (χ3v) is 6.48. The molecule has 0 radical (unpaired) electrons. The number of carbonyl (C=O) groups excluding carboxylic acids is 1. The van der Waals surface area contributed by atoms with Crippen LogP contribution in [0, 0.1) is 11.8 Å². The van der Waals surface area contributed by atoms with E-state index < -0.39 is 0 Å². The maximum absolute atomic E-state index is 12.7. The fourth-order valence-corrected chi connectivity index (χ4v) is 4.68. The van der Waals surface area contributed by atoms with Crippen LogP contribution in [0.1, 0.15) is 50.5 Å². The molecular formula is C24H32N4O2. The number of benzene rings is 1. The Kier molecular flexibility index (Phi) is 6.82. The summed E-state index contributed by atoms with van der Waals surface area (Å²) in [5.74, 6) is 0.786. The number of nitrogens with zero attached hydrogens (tertiary/aromatic N) is 3. The van der Waals surface area contributed by atoms with Crippen molar-refractivity contribution in [2.24, 2.45) is 11.8 Å². The van der Waals surface area contributed by atoms with Crippen molar-refractivity contribution in [3.05, 3.63) is 58.5 Å². The number of carbonyl (C=O) groups is 1. The third kappa shape index (κ3) is 5.29. The first-order chi connectivity index (χ1) is 14.7. The topological polar surface area (TPSA) is 67.2 Å². The molecule has 0 unspecified atom stereocenters.